The maximum absolute atomic E-state index is 11.9. The molecule has 2 unspecified atom stereocenters. The second-order valence-corrected chi connectivity index (χ2v) is 7.89. The summed E-state index contributed by atoms with van der Waals surface area (Å²) < 4.78 is 25.1. The van der Waals surface area contributed by atoms with Gasteiger partial charge in [-0.15, -0.1) is 0 Å². The number of hydrogen-bond acceptors (Lipinski definition) is 3. The maximum Gasteiger partial charge on any atom is 0.239 e. The van der Waals surface area contributed by atoms with Gasteiger partial charge < -0.3 is 0 Å². The molecule has 0 amide bonds. The molecule has 0 aromatic carbocycles. The van der Waals surface area contributed by atoms with Gasteiger partial charge >= 0.3 is 0 Å². The molecule has 2 heterocycles. The Morgan fingerprint density at radius 2 is 2.13 bits per heavy atom. The Morgan fingerprint density at radius 3 is 2.67 bits per heavy atom. The van der Waals surface area contributed by atoms with E-state index >= 15 is 0 Å². The Bertz CT molecular complexity index is 471. The van der Waals surface area contributed by atoms with Crippen LogP contribution in [0.2, 0.25) is 0 Å². The van der Waals surface area contributed by atoms with Gasteiger partial charge in [-0.05, 0) is 35.1 Å². The van der Waals surface area contributed by atoms with Crippen molar-refractivity contribution in [3.05, 3.63) is 0 Å². The van der Waals surface area contributed by atoms with E-state index in [0.717, 1.165) is 12.8 Å². The van der Waals surface area contributed by atoms with E-state index < -0.39 is 15.7 Å². The molecule has 2 spiro atoms. The van der Waals surface area contributed by atoms with Gasteiger partial charge in [0.15, 0.2) is 5.72 Å². The first kappa shape index (κ1) is 8.96. The molecule has 2 aliphatic heterocycles. The zero-order valence-electron chi connectivity index (χ0n) is 8.99. The SMILES string of the molecule is CC1(C)[C@@H]2CC[C@@]13CS(=O)(=O)N1OC13C2. The molecular weight excluding hydrogens is 214 g/mol. The highest BCUT2D eigenvalue weighted by atomic mass is 32.2. The lowest BCUT2D eigenvalue weighted by Crippen LogP contribution is -2.41. The van der Waals surface area contributed by atoms with Gasteiger partial charge in [0.05, 0.1) is 5.75 Å². The number of nitrogens with zero attached hydrogens (tertiary/aromatic N) is 1. The molecule has 0 aromatic rings. The lowest BCUT2D eigenvalue weighted by Gasteiger charge is -2.36. The molecule has 0 radical (unpaired) electrons. The molecule has 4 aliphatic rings. The summed E-state index contributed by atoms with van der Waals surface area (Å²) in [6.45, 7) is 4.44. The zero-order chi connectivity index (χ0) is 10.7. The van der Waals surface area contributed by atoms with Gasteiger partial charge in [0.25, 0.3) is 0 Å². The maximum atomic E-state index is 11.9. The summed E-state index contributed by atoms with van der Waals surface area (Å²) in [7, 11) is -3.12. The van der Waals surface area contributed by atoms with Crippen LogP contribution in [0, 0.1) is 16.7 Å². The summed E-state index contributed by atoms with van der Waals surface area (Å²) in [5, 5.41) is 0. The third-order valence-corrected chi connectivity index (χ3v) is 7.35. The van der Waals surface area contributed by atoms with Crippen molar-refractivity contribution in [1.82, 2.24) is 4.47 Å². The number of rotatable bonds is 0. The van der Waals surface area contributed by atoms with Crippen molar-refractivity contribution in [3.8, 4) is 0 Å². The molecule has 2 saturated heterocycles. The molecule has 2 aliphatic carbocycles. The highest BCUT2D eigenvalue weighted by molar-refractivity contribution is 7.89. The molecule has 5 heteroatoms. The van der Waals surface area contributed by atoms with Crippen molar-refractivity contribution < 1.29 is 13.3 Å². The zero-order valence-corrected chi connectivity index (χ0v) is 9.80. The molecule has 0 N–H and O–H groups in total. The molecule has 0 aromatic heterocycles. The van der Waals surface area contributed by atoms with E-state index in [1.807, 2.05) is 0 Å². The van der Waals surface area contributed by atoms with E-state index in [-0.39, 0.29) is 10.8 Å². The van der Waals surface area contributed by atoms with Crippen molar-refractivity contribution in [2.45, 2.75) is 38.8 Å². The van der Waals surface area contributed by atoms with Crippen LogP contribution in [0.4, 0.5) is 0 Å². The average molecular weight is 229 g/mol. The fourth-order valence-electron chi connectivity index (χ4n) is 4.59. The van der Waals surface area contributed by atoms with E-state index in [1.165, 1.54) is 10.9 Å². The minimum absolute atomic E-state index is 0.116. The van der Waals surface area contributed by atoms with E-state index in [2.05, 4.69) is 13.8 Å². The molecule has 84 valence electrons. The molecule has 4 rings (SSSR count). The number of sulfonamides is 1. The fraction of sp³-hybridized carbons (Fsp3) is 1.00. The molecule has 2 bridgehead atoms. The van der Waals surface area contributed by atoms with Gasteiger partial charge in [-0.2, -0.15) is 0 Å². The van der Waals surface area contributed by atoms with Gasteiger partial charge in [0.2, 0.25) is 10.0 Å². The van der Waals surface area contributed by atoms with Crippen LogP contribution in [0.15, 0.2) is 0 Å². The van der Waals surface area contributed by atoms with E-state index in [0.29, 0.717) is 11.7 Å². The third-order valence-electron chi connectivity index (χ3n) is 5.62. The lowest BCUT2D eigenvalue weighted by molar-refractivity contribution is 0.0724. The van der Waals surface area contributed by atoms with Crippen LogP contribution in [-0.2, 0) is 14.9 Å². The van der Waals surface area contributed by atoms with Crippen molar-refractivity contribution in [3.63, 3.8) is 0 Å². The van der Waals surface area contributed by atoms with Crippen LogP contribution in [0.1, 0.15) is 33.1 Å². The first-order valence-electron chi connectivity index (χ1n) is 5.58. The predicted molar refractivity (Wildman–Crippen MR) is 53.0 cm³/mol. The first-order chi connectivity index (χ1) is 6.86. The average Bonchev–Trinajstić information content (AvgIpc) is 2.70. The van der Waals surface area contributed by atoms with Gasteiger partial charge in [-0.25, -0.2) is 8.42 Å². The Morgan fingerprint density at radius 1 is 1.40 bits per heavy atom. The van der Waals surface area contributed by atoms with Crippen molar-refractivity contribution >= 4 is 10.0 Å². The van der Waals surface area contributed by atoms with Crippen molar-refractivity contribution in [1.29, 1.82) is 0 Å². The highest BCUT2D eigenvalue weighted by Gasteiger charge is 2.88. The summed E-state index contributed by atoms with van der Waals surface area (Å²) in [5.74, 6) is 0.946. The van der Waals surface area contributed by atoms with E-state index in [9.17, 15) is 8.42 Å². The van der Waals surface area contributed by atoms with Crippen LogP contribution >= 0.6 is 0 Å². The Kier molecular flexibility index (Phi) is 1.13. The van der Waals surface area contributed by atoms with Gasteiger partial charge in [0, 0.05) is 5.41 Å². The highest BCUT2D eigenvalue weighted by Crippen LogP contribution is 2.80. The van der Waals surface area contributed by atoms with Crippen LogP contribution in [0.5, 0.6) is 0 Å². The second-order valence-electron chi connectivity index (χ2n) is 6.10. The molecule has 4 atom stereocenters. The number of fused-ring (bicyclic) bond motifs is 1. The third kappa shape index (κ3) is 0.626. The van der Waals surface area contributed by atoms with E-state index in [1.54, 1.807) is 0 Å². The standard InChI is InChI=1S/C10H15NO3S/c1-8(2)7-3-4-9(8)6-15(12,13)11-10(9,5-7)14-11/h7H,3-6H2,1-2H3/t7-,9-,10?,11?/m1/s1. The Hall–Kier alpha value is -0.130. The quantitative estimate of drug-likeness (QED) is 0.584. The van der Waals surface area contributed by atoms with Gasteiger partial charge in [0.1, 0.15) is 0 Å². The normalized spacial score (nSPS) is 61.5. The van der Waals surface area contributed by atoms with Crippen LogP contribution in [0.3, 0.4) is 0 Å². The minimum atomic E-state index is -3.12. The second kappa shape index (κ2) is 1.89. The molecule has 4 fully saturated rings. The van der Waals surface area contributed by atoms with E-state index in [4.69, 9.17) is 4.84 Å². The summed E-state index contributed by atoms with van der Waals surface area (Å²) in [4.78, 5) is 5.49. The summed E-state index contributed by atoms with van der Waals surface area (Å²) in [5.41, 5.74) is -0.424. The summed E-state index contributed by atoms with van der Waals surface area (Å²) in [6.07, 6.45) is 3.10. The number of hydrogen-bond donors (Lipinski definition) is 0. The molecule has 15 heavy (non-hydrogen) atoms. The van der Waals surface area contributed by atoms with Crippen LogP contribution in [-0.4, -0.2) is 24.4 Å². The van der Waals surface area contributed by atoms with Crippen LogP contribution in [0.25, 0.3) is 0 Å². The summed E-state index contributed by atoms with van der Waals surface area (Å²) >= 11 is 0. The Balaban J connectivity index is 1.99. The molecular formula is C10H15NO3S. The lowest BCUT2D eigenvalue weighted by atomic mass is 9.68. The number of hydroxylamine groups is 1. The smallest absolute Gasteiger partial charge is 0.239 e. The monoisotopic (exact) mass is 229 g/mol. The topological polar surface area (TPSA) is 49.7 Å². The van der Waals surface area contributed by atoms with Gasteiger partial charge in [-0.3, -0.25) is 4.84 Å². The van der Waals surface area contributed by atoms with Crippen molar-refractivity contribution in [2.75, 3.05) is 5.75 Å². The Labute approximate surface area is 89.6 Å². The minimum Gasteiger partial charge on any atom is -0.255 e. The van der Waals surface area contributed by atoms with Gasteiger partial charge in [-0.1, -0.05) is 13.8 Å². The first-order valence-corrected chi connectivity index (χ1v) is 7.19. The molecule has 2 saturated carbocycles. The fourth-order valence-corrected chi connectivity index (χ4v) is 7.01. The van der Waals surface area contributed by atoms with Crippen LogP contribution < -0.4 is 0 Å². The predicted octanol–water partition coefficient (Wildman–Crippen LogP) is 1.10. The summed E-state index contributed by atoms with van der Waals surface area (Å²) in [6, 6.07) is 0. The van der Waals surface area contributed by atoms with Crippen molar-refractivity contribution in [2.24, 2.45) is 16.7 Å². The largest absolute Gasteiger partial charge is 0.255 e. The molecule has 4 nitrogen and oxygen atoms in total.